The Morgan fingerprint density at radius 3 is 2.41 bits per heavy atom. The molecule has 2 aromatic carbocycles. The van der Waals surface area contributed by atoms with Crippen molar-refractivity contribution in [3.05, 3.63) is 59.2 Å². The molecule has 5 nitrogen and oxygen atoms in total. The second-order valence-electron chi connectivity index (χ2n) is 10.6. The molecule has 1 N–H and O–H groups in total. The molecule has 0 saturated heterocycles. The van der Waals surface area contributed by atoms with Crippen LogP contribution in [0.25, 0.3) is 0 Å². The van der Waals surface area contributed by atoms with Crippen LogP contribution in [0.1, 0.15) is 62.8 Å². The molecule has 2 aromatic rings. The van der Waals surface area contributed by atoms with Crippen molar-refractivity contribution >= 4 is 0 Å². The maximum atomic E-state index is 11.1. The molecule has 0 aromatic heterocycles. The van der Waals surface area contributed by atoms with E-state index in [9.17, 15) is 5.11 Å². The number of hydrogen-bond acceptors (Lipinski definition) is 5. The van der Waals surface area contributed by atoms with Crippen LogP contribution in [0.4, 0.5) is 0 Å². The van der Waals surface area contributed by atoms with Crippen molar-refractivity contribution < 1.29 is 19.3 Å². The lowest BCUT2D eigenvalue weighted by molar-refractivity contribution is -0.0790. The van der Waals surface area contributed by atoms with E-state index in [1.54, 1.807) is 14.2 Å². The molecule has 1 heterocycles. The van der Waals surface area contributed by atoms with Crippen LogP contribution in [0.5, 0.6) is 11.5 Å². The molecule has 4 atom stereocenters. The van der Waals surface area contributed by atoms with E-state index in [2.05, 4.69) is 49.9 Å². The van der Waals surface area contributed by atoms with Gasteiger partial charge in [0.05, 0.1) is 39.6 Å². The Balaban J connectivity index is 1.64. The summed E-state index contributed by atoms with van der Waals surface area (Å²) in [5.41, 5.74) is 3.54. The Hall–Kier alpha value is -2.08. The van der Waals surface area contributed by atoms with Crippen molar-refractivity contribution in [2.24, 2.45) is 11.8 Å². The average Bonchev–Trinajstić information content (AvgIpc) is 2.83. The summed E-state index contributed by atoms with van der Waals surface area (Å²) in [5, 5.41) is 11.1. The largest absolute Gasteiger partial charge is 0.493 e. The van der Waals surface area contributed by atoms with E-state index >= 15 is 0 Å². The highest BCUT2D eigenvalue weighted by atomic mass is 16.5. The lowest BCUT2D eigenvalue weighted by Gasteiger charge is -2.53. The minimum absolute atomic E-state index is 0.0776. The third-order valence-electron chi connectivity index (χ3n) is 8.12. The number of aliphatic hydroxyl groups excluding tert-OH is 1. The summed E-state index contributed by atoms with van der Waals surface area (Å²) in [6, 6.07) is 14.7. The van der Waals surface area contributed by atoms with Gasteiger partial charge in [0.15, 0.2) is 11.5 Å². The van der Waals surface area contributed by atoms with Crippen molar-refractivity contribution in [1.29, 1.82) is 0 Å². The van der Waals surface area contributed by atoms with Gasteiger partial charge >= 0.3 is 0 Å². The van der Waals surface area contributed by atoms with Gasteiger partial charge in [-0.1, -0.05) is 43.7 Å². The first-order valence-corrected chi connectivity index (χ1v) is 12.7. The Morgan fingerprint density at radius 2 is 1.74 bits per heavy atom. The van der Waals surface area contributed by atoms with Crippen molar-refractivity contribution in [1.82, 2.24) is 4.90 Å². The molecule has 4 rings (SSSR count). The molecule has 0 amide bonds. The van der Waals surface area contributed by atoms with Crippen LogP contribution < -0.4 is 9.47 Å². The van der Waals surface area contributed by atoms with Gasteiger partial charge in [0.25, 0.3) is 0 Å². The van der Waals surface area contributed by atoms with Crippen LogP contribution in [-0.4, -0.2) is 49.0 Å². The molecular weight excluding hydrogens is 426 g/mol. The molecule has 0 radical (unpaired) electrons. The van der Waals surface area contributed by atoms with Gasteiger partial charge in [0.2, 0.25) is 0 Å². The predicted molar refractivity (Wildman–Crippen MR) is 135 cm³/mol. The molecule has 1 fully saturated rings. The minimum Gasteiger partial charge on any atom is -0.493 e. The highest BCUT2D eigenvalue weighted by Crippen LogP contribution is 2.45. The summed E-state index contributed by atoms with van der Waals surface area (Å²) in [7, 11) is 3.38. The summed E-state index contributed by atoms with van der Waals surface area (Å²) in [6.07, 6.45) is 3.79. The van der Waals surface area contributed by atoms with E-state index in [0.717, 1.165) is 37.3 Å². The summed E-state index contributed by atoms with van der Waals surface area (Å²) >= 11 is 0. The normalized spacial score (nSPS) is 25.6. The van der Waals surface area contributed by atoms with E-state index in [1.165, 1.54) is 23.1 Å². The molecule has 1 aliphatic carbocycles. The Bertz CT molecular complexity index is 945. The molecule has 1 saturated carbocycles. The third-order valence-corrected chi connectivity index (χ3v) is 8.12. The third kappa shape index (κ3) is 5.12. The molecule has 1 aliphatic heterocycles. The van der Waals surface area contributed by atoms with Gasteiger partial charge in [-0.15, -0.1) is 0 Å². The Morgan fingerprint density at radius 1 is 1.03 bits per heavy atom. The van der Waals surface area contributed by atoms with Crippen LogP contribution in [0.3, 0.4) is 0 Å². The zero-order valence-electron chi connectivity index (χ0n) is 21.4. The van der Waals surface area contributed by atoms with E-state index < -0.39 is 0 Å². The number of hydrogen-bond donors (Lipinski definition) is 1. The van der Waals surface area contributed by atoms with E-state index in [1.807, 2.05) is 18.2 Å². The summed E-state index contributed by atoms with van der Waals surface area (Å²) < 4.78 is 17.6. The van der Waals surface area contributed by atoms with Gasteiger partial charge in [-0.25, -0.2) is 0 Å². The second kappa shape index (κ2) is 10.7. The molecular formula is C29H41NO4. The van der Waals surface area contributed by atoms with E-state index in [0.29, 0.717) is 19.1 Å². The van der Waals surface area contributed by atoms with Gasteiger partial charge in [0, 0.05) is 18.0 Å². The number of methoxy groups -OCH3 is 2. The summed E-state index contributed by atoms with van der Waals surface area (Å²) in [6.45, 7) is 8.97. The monoisotopic (exact) mass is 467 g/mol. The summed E-state index contributed by atoms with van der Waals surface area (Å²) in [5.74, 6) is 2.35. The molecule has 34 heavy (non-hydrogen) atoms. The first kappa shape index (κ1) is 25.0. The molecule has 186 valence electrons. The molecule has 2 aliphatic rings. The first-order valence-electron chi connectivity index (χ1n) is 12.7. The number of nitrogens with zero attached hydrogens (tertiary/aromatic N) is 1. The first-order chi connectivity index (χ1) is 16.3. The van der Waals surface area contributed by atoms with Gasteiger partial charge in [-0.05, 0) is 67.9 Å². The zero-order valence-corrected chi connectivity index (χ0v) is 21.4. The van der Waals surface area contributed by atoms with Gasteiger partial charge in [-0.2, -0.15) is 0 Å². The maximum Gasteiger partial charge on any atom is 0.161 e. The quantitative estimate of drug-likeness (QED) is 0.564. The lowest BCUT2D eigenvalue weighted by Crippen LogP contribution is -2.57. The van der Waals surface area contributed by atoms with Crippen LogP contribution in [-0.2, 0) is 17.8 Å². The minimum atomic E-state index is -0.267. The average molecular weight is 468 g/mol. The van der Waals surface area contributed by atoms with E-state index in [4.69, 9.17) is 14.2 Å². The van der Waals surface area contributed by atoms with Crippen LogP contribution in [0.2, 0.25) is 0 Å². The smallest absolute Gasteiger partial charge is 0.161 e. The van der Waals surface area contributed by atoms with Gasteiger partial charge < -0.3 is 19.3 Å². The SMILES string of the molecule is COc1cc2c(cc1OC)[C@H](COCc1ccccc1)N(C(C)(C)[C@@H]1CC[C@@H](C)C[C@H]1O)CC2. The van der Waals surface area contributed by atoms with Crippen molar-refractivity contribution in [2.45, 2.75) is 70.7 Å². The fourth-order valence-corrected chi connectivity index (χ4v) is 6.15. The Labute approximate surface area is 205 Å². The zero-order chi connectivity index (χ0) is 24.3. The second-order valence-corrected chi connectivity index (χ2v) is 10.6. The van der Waals surface area contributed by atoms with Gasteiger partial charge in [0.1, 0.15) is 0 Å². The molecule has 0 unspecified atom stereocenters. The molecule has 5 heteroatoms. The lowest BCUT2D eigenvalue weighted by atomic mass is 9.70. The van der Waals surface area contributed by atoms with Crippen LogP contribution >= 0.6 is 0 Å². The van der Waals surface area contributed by atoms with Crippen LogP contribution in [0, 0.1) is 11.8 Å². The summed E-state index contributed by atoms with van der Waals surface area (Å²) in [4.78, 5) is 2.58. The number of benzene rings is 2. The number of fused-ring (bicyclic) bond motifs is 1. The standard InChI is InChI=1S/C29H41NO4/c1-20-11-12-24(26(31)15-20)29(2,3)30-14-13-22-16-27(32-4)28(33-5)17-23(22)25(30)19-34-18-21-9-7-6-8-10-21/h6-10,16-17,20,24-26,31H,11-15,18-19H2,1-5H3/t20-,24-,25+,26-/m1/s1. The predicted octanol–water partition coefficient (Wildman–Crippen LogP) is 5.40. The highest BCUT2D eigenvalue weighted by Gasteiger charge is 2.46. The fraction of sp³-hybridized carbons (Fsp3) is 0.586. The topological polar surface area (TPSA) is 51.2 Å². The van der Waals surface area contributed by atoms with Crippen molar-refractivity contribution in [2.75, 3.05) is 27.4 Å². The maximum absolute atomic E-state index is 11.1. The van der Waals surface area contributed by atoms with E-state index in [-0.39, 0.29) is 23.6 Å². The van der Waals surface area contributed by atoms with Gasteiger partial charge in [-0.3, -0.25) is 4.90 Å². The number of rotatable bonds is 8. The van der Waals surface area contributed by atoms with Crippen LogP contribution in [0.15, 0.2) is 42.5 Å². The highest BCUT2D eigenvalue weighted by molar-refractivity contribution is 5.49. The number of aliphatic hydroxyl groups is 1. The molecule has 0 spiro atoms. The van der Waals surface area contributed by atoms with Crippen molar-refractivity contribution in [3.63, 3.8) is 0 Å². The number of ether oxygens (including phenoxy) is 3. The molecule has 0 bridgehead atoms. The Kier molecular flexibility index (Phi) is 7.86. The van der Waals surface area contributed by atoms with Crippen molar-refractivity contribution in [3.8, 4) is 11.5 Å². The fourth-order valence-electron chi connectivity index (χ4n) is 6.15.